The summed E-state index contributed by atoms with van der Waals surface area (Å²) in [6, 6.07) is 1.64. The third-order valence-electron chi connectivity index (χ3n) is 2.37. The molecule has 10 heteroatoms. The van der Waals surface area contributed by atoms with E-state index in [0.717, 1.165) is 6.07 Å². The van der Waals surface area contributed by atoms with Crippen LogP contribution in [0.15, 0.2) is 18.5 Å². The number of aryl methyl sites for hydroxylation is 1. The van der Waals surface area contributed by atoms with Crippen LogP contribution in [0.3, 0.4) is 0 Å². The van der Waals surface area contributed by atoms with Gasteiger partial charge in [-0.05, 0) is 12.1 Å². The standard InChI is InChI=1S/C10H7ClF3N5O/c1-19-9(15-4-16-19)18-8(20)5-2-3-6(10(12,13)14)17-7(5)11/h2-4H,1H3,(H,15,16,18,20)/p+1. The summed E-state index contributed by atoms with van der Waals surface area (Å²) in [4.78, 5) is 18.8. The number of hydrogen-bond donors (Lipinski definition) is 2. The summed E-state index contributed by atoms with van der Waals surface area (Å²) < 4.78 is 38.7. The average Bonchev–Trinajstić information content (AvgIpc) is 2.73. The second kappa shape index (κ2) is 5.08. The number of halogens is 4. The number of H-pyrrole nitrogens is 1. The maximum atomic E-state index is 12.4. The molecule has 0 spiro atoms. The number of nitrogens with one attached hydrogen (secondary N) is 2. The van der Waals surface area contributed by atoms with Crippen molar-refractivity contribution in [2.45, 2.75) is 6.18 Å². The molecule has 1 amide bonds. The van der Waals surface area contributed by atoms with Crippen molar-refractivity contribution in [3.8, 4) is 0 Å². The van der Waals surface area contributed by atoms with E-state index in [2.05, 4.69) is 20.4 Å². The molecule has 106 valence electrons. The molecule has 0 aromatic carbocycles. The average molecular weight is 307 g/mol. The van der Waals surface area contributed by atoms with Gasteiger partial charge in [0.05, 0.1) is 12.6 Å². The predicted molar refractivity (Wildman–Crippen MR) is 62.0 cm³/mol. The number of carbonyl (C=O) groups excluding carboxylic acids is 1. The van der Waals surface area contributed by atoms with Crippen LogP contribution < -0.4 is 10.00 Å². The first-order valence-corrected chi connectivity index (χ1v) is 5.61. The minimum atomic E-state index is -4.62. The number of aromatic nitrogens is 4. The fraction of sp³-hybridized carbons (Fsp3) is 0.200. The van der Waals surface area contributed by atoms with E-state index in [0.29, 0.717) is 6.07 Å². The van der Waals surface area contributed by atoms with Crippen LogP contribution >= 0.6 is 11.6 Å². The zero-order valence-corrected chi connectivity index (χ0v) is 10.7. The van der Waals surface area contributed by atoms with Gasteiger partial charge in [0.2, 0.25) is 0 Å². The van der Waals surface area contributed by atoms with Crippen molar-refractivity contribution in [1.29, 1.82) is 0 Å². The highest BCUT2D eigenvalue weighted by Gasteiger charge is 2.33. The molecular formula is C10H8ClF3N5O+. The Hall–Kier alpha value is -2.16. The Morgan fingerprint density at radius 3 is 2.65 bits per heavy atom. The van der Waals surface area contributed by atoms with Crippen LogP contribution in [0.5, 0.6) is 0 Å². The van der Waals surface area contributed by atoms with Gasteiger partial charge in [0.25, 0.3) is 0 Å². The molecule has 0 saturated heterocycles. The monoisotopic (exact) mass is 306 g/mol. The van der Waals surface area contributed by atoms with Crippen molar-refractivity contribution >= 4 is 23.5 Å². The molecule has 0 radical (unpaired) electrons. The molecule has 0 bridgehead atoms. The minimum absolute atomic E-state index is 0.178. The molecule has 2 heterocycles. The second-order valence-electron chi connectivity index (χ2n) is 3.76. The Labute approximate surface area is 115 Å². The largest absolute Gasteiger partial charge is 0.433 e. The topological polar surface area (TPSA) is 74.6 Å². The van der Waals surface area contributed by atoms with Crippen LogP contribution in [0.2, 0.25) is 5.15 Å². The SMILES string of the molecule is C[n+]1[nH]cnc1NC(=O)c1ccc(C(F)(F)F)nc1Cl. The summed E-state index contributed by atoms with van der Waals surface area (Å²) in [7, 11) is 1.59. The highest BCUT2D eigenvalue weighted by molar-refractivity contribution is 6.33. The zero-order chi connectivity index (χ0) is 14.9. The summed E-state index contributed by atoms with van der Waals surface area (Å²) in [5, 5.41) is 4.51. The van der Waals surface area contributed by atoms with Gasteiger partial charge in [-0.3, -0.25) is 4.79 Å². The van der Waals surface area contributed by atoms with Crippen LogP contribution in [0.25, 0.3) is 0 Å². The molecule has 2 aromatic heterocycles. The van der Waals surface area contributed by atoms with Crippen molar-refractivity contribution < 1.29 is 22.6 Å². The van der Waals surface area contributed by atoms with Crippen LogP contribution in [-0.2, 0) is 13.2 Å². The lowest BCUT2D eigenvalue weighted by Crippen LogP contribution is -2.35. The van der Waals surface area contributed by atoms with E-state index in [1.807, 2.05) is 0 Å². The lowest BCUT2D eigenvalue weighted by Gasteiger charge is -2.07. The van der Waals surface area contributed by atoms with E-state index in [9.17, 15) is 18.0 Å². The number of rotatable bonds is 2. The molecular weight excluding hydrogens is 299 g/mol. The number of anilines is 1. The Kier molecular flexibility index (Phi) is 3.62. The van der Waals surface area contributed by atoms with Crippen LogP contribution in [0.4, 0.5) is 19.1 Å². The first-order valence-electron chi connectivity index (χ1n) is 5.23. The van der Waals surface area contributed by atoms with Crippen molar-refractivity contribution in [3.05, 3.63) is 34.9 Å². The quantitative estimate of drug-likeness (QED) is 0.653. The predicted octanol–water partition coefficient (Wildman–Crippen LogP) is 1.55. The minimum Gasteiger partial charge on any atom is -0.250 e. The zero-order valence-electron chi connectivity index (χ0n) is 9.99. The Morgan fingerprint density at radius 1 is 1.45 bits per heavy atom. The molecule has 2 rings (SSSR count). The molecule has 0 aliphatic heterocycles. The highest BCUT2D eigenvalue weighted by atomic mass is 35.5. The second-order valence-corrected chi connectivity index (χ2v) is 4.11. The first-order chi connectivity index (χ1) is 9.29. The molecule has 2 N–H and O–H groups in total. The van der Waals surface area contributed by atoms with E-state index in [1.54, 1.807) is 7.05 Å². The van der Waals surface area contributed by atoms with Crippen molar-refractivity contribution in [1.82, 2.24) is 15.1 Å². The van der Waals surface area contributed by atoms with Gasteiger partial charge >= 0.3 is 18.0 Å². The molecule has 0 unspecified atom stereocenters. The maximum absolute atomic E-state index is 12.4. The van der Waals surface area contributed by atoms with Crippen molar-refractivity contribution in [3.63, 3.8) is 0 Å². The van der Waals surface area contributed by atoms with Crippen LogP contribution in [0, 0.1) is 0 Å². The lowest BCUT2D eigenvalue weighted by molar-refractivity contribution is -0.714. The maximum Gasteiger partial charge on any atom is 0.433 e. The van der Waals surface area contributed by atoms with Crippen molar-refractivity contribution in [2.24, 2.45) is 7.05 Å². The highest BCUT2D eigenvalue weighted by Crippen LogP contribution is 2.29. The molecule has 20 heavy (non-hydrogen) atoms. The van der Waals surface area contributed by atoms with Crippen molar-refractivity contribution in [2.75, 3.05) is 5.32 Å². The number of nitrogens with zero attached hydrogens (tertiary/aromatic N) is 3. The summed E-state index contributed by atoms with van der Waals surface area (Å²) >= 11 is 5.60. The van der Waals surface area contributed by atoms with Gasteiger partial charge in [0, 0.05) is 0 Å². The Morgan fingerprint density at radius 2 is 2.15 bits per heavy atom. The number of aromatic amines is 1. The number of amides is 1. The van der Waals surface area contributed by atoms with Gasteiger partial charge in [0.15, 0.2) is 6.33 Å². The van der Waals surface area contributed by atoms with Crippen LogP contribution in [0.1, 0.15) is 16.1 Å². The van der Waals surface area contributed by atoms with E-state index < -0.39 is 22.9 Å². The van der Waals surface area contributed by atoms with E-state index in [1.165, 1.54) is 11.0 Å². The van der Waals surface area contributed by atoms with E-state index in [4.69, 9.17) is 11.6 Å². The Bertz CT molecular complexity index is 655. The summed E-state index contributed by atoms with van der Waals surface area (Å²) in [6.07, 6.45) is -3.28. The third-order valence-corrected chi connectivity index (χ3v) is 2.65. The van der Waals surface area contributed by atoms with Gasteiger partial charge in [-0.1, -0.05) is 16.6 Å². The number of hydrogen-bond acceptors (Lipinski definition) is 3. The van der Waals surface area contributed by atoms with E-state index in [-0.39, 0.29) is 11.5 Å². The number of pyridine rings is 1. The lowest BCUT2D eigenvalue weighted by atomic mass is 10.2. The van der Waals surface area contributed by atoms with Gasteiger partial charge in [0.1, 0.15) is 10.8 Å². The Balaban J connectivity index is 2.25. The fourth-order valence-electron chi connectivity index (χ4n) is 1.37. The molecule has 0 fully saturated rings. The summed E-state index contributed by atoms with van der Waals surface area (Å²) in [5.74, 6) is -0.523. The van der Waals surface area contributed by atoms with Gasteiger partial charge in [-0.2, -0.15) is 17.9 Å². The summed E-state index contributed by atoms with van der Waals surface area (Å²) in [5.41, 5.74) is -1.34. The molecule has 0 aliphatic rings. The fourth-order valence-corrected chi connectivity index (χ4v) is 1.61. The smallest absolute Gasteiger partial charge is 0.250 e. The van der Waals surface area contributed by atoms with Crippen LogP contribution in [-0.4, -0.2) is 21.0 Å². The molecule has 2 aromatic rings. The molecule has 6 nitrogen and oxygen atoms in total. The molecule has 0 aliphatic carbocycles. The van der Waals surface area contributed by atoms with Gasteiger partial charge < -0.3 is 0 Å². The number of alkyl halides is 3. The van der Waals surface area contributed by atoms with E-state index >= 15 is 0 Å². The molecule has 0 saturated carbocycles. The number of carbonyl (C=O) groups is 1. The summed E-state index contributed by atoms with van der Waals surface area (Å²) in [6.45, 7) is 0. The van der Waals surface area contributed by atoms with Gasteiger partial charge in [-0.15, -0.1) is 0 Å². The first kappa shape index (κ1) is 14.3. The molecule has 0 atom stereocenters. The van der Waals surface area contributed by atoms with Gasteiger partial charge in [-0.25, -0.2) is 15.4 Å². The normalized spacial score (nSPS) is 11.4. The third kappa shape index (κ3) is 2.87.